The smallest absolute Gasteiger partial charge is 0 e. The summed E-state index contributed by atoms with van der Waals surface area (Å²) in [4.78, 5) is 14.7. The van der Waals surface area contributed by atoms with Crippen LogP contribution in [0.1, 0.15) is 43.4 Å². The first kappa shape index (κ1) is 44.3. The molecule has 1 saturated carbocycles. The predicted octanol–water partition coefficient (Wildman–Crippen LogP) is 14.6. The number of benzene rings is 6. The molecule has 0 saturated heterocycles. The number of rotatable bonds is 8. The van der Waals surface area contributed by atoms with Gasteiger partial charge in [-0.2, -0.15) is 0 Å². The van der Waals surface area contributed by atoms with Crippen molar-refractivity contribution in [2.75, 3.05) is 0 Å². The zero-order chi connectivity index (χ0) is 43.6. The Bertz CT molecular complexity index is 3160. The molecule has 0 aliphatic heterocycles. The first-order chi connectivity index (χ1) is 31.3. The molecule has 4 aromatic heterocycles. The van der Waals surface area contributed by atoms with Crippen LogP contribution in [0.4, 0.5) is 0 Å². The van der Waals surface area contributed by atoms with Gasteiger partial charge in [-0.25, -0.2) is 4.98 Å². The van der Waals surface area contributed by atoms with Crippen molar-refractivity contribution < 1.29 is 24.5 Å². The van der Waals surface area contributed by atoms with Crippen molar-refractivity contribution in [3.05, 3.63) is 187 Å². The van der Waals surface area contributed by atoms with Gasteiger partial charge < -0.3 is 8.98 Å². The predicted molar refractivity (Wildman–Crippen MR) is 268 cm³/mol. The SMILES string of the molecule is Cc1ccc2c(n1)oc1c(-c3nc4ccccc4n3-c3c(-c4ccccc4)cccc3-c3ccccc3)[c-]ccc12.[CH3][Ge]([CH3])([CH3])[c]1cnc(-c2[c-]cccc2)cc1CC1CCCCC1.[Ir]. The summed E-state index contributed by atoms with van der Waals surface area (Å²) in [5.74, 6) is 9.09. The van der Waals surface area contributed by atoms with Gasteiger partial charge in [0.25, 0.3) is 0 Å². The molecule has 325 valence electrons. The van der Waals surface area contributed by atoms with Crippen molar-refractivity contribution in [2.24, 2.45) is 5.92 Å². The molecule has 1 radical (unpaired) electrons. The van der Waals surface area contributed by atoms with Gasteiger partial charge in [-0.05, 0) is 42.3 Å². The van der Waals surface area contributed by atoms with Gasteiger partial charge in [-0.3, -0.25) is 4.98 Å². The third-order valence-corrected chi connectivity index (χ3v) is 17.0. The van der Waals surface area contributed by atoms with Gasteiger partial charge in [0.2, 0.25) is 5.71 Å². The largest absolute Gasteiger partial charge is 0 e. The van der Waals surface area contributed by atoms with Crippen molar-refractivity contribution in [3.63, 3.8) is 0 Å². The molecule has 5 nitrogen and oxygen atoms in total. The number of hydrogen-bond acceptors (Lipinski definition) is 4. The van der Waals surface area contributed by atoms with E-state index in [4.69, 9.17) is 14.4 Å². The minimum Gasteiger partial charge on any atom is 0 e. The molecular formula is C58H52GeIrN4O-2. The number of furan rings is 1. The fourth-order valence-electron chi connectivity index (χ4n) is 9.53. The minimum absolute atomic E-state index is 0. The van der Waals surface area contributed by atoms with Gasteiger partial charge in [-0.15, -0.1) is 18.2 Å². The van der Waals surface area contributed by atoms with Crippen LogP contribution in [0.15, 0.2) is 168 Å². The van der Waals surface area contributed by atoms with Gasteiger partial charge in [0, 0.05) is 42.3 Å². The third-order valence-electron chi connectivity index (χ3n) is 12.7. The molecule has 1 aliphatic carbocycles. The van der Waals surface area contributed by atoms with Crippen LogP contribution in [0.2, 0.25) is 17.3 Å². The molecule has 7 heteroatoms. The van der Waals surface area contributed by atoms with Crippen molar-refractivity contribution >= 4 is 50.8 Å². The number of aryl methyl sites for hydroxylation is 1. The van der Waals surface area contributed by atoms with E-state index in [1.807, 2.05) is 43.3 Å². The van der Waals surface area contributed by atoms with Crippen molar-refractivity contribution in [1.82, 2.24) is 19.5 Å². The molecule has 0 bridgehead atoms. The number of hydrogen-bond donors (Lipinski definition) is 0. The maximum absolute atomic E-state index is 6.44. The standard InChI is InChI=1S/C37H24N3O.C21H28GeN.Ir/c1-24-22-23-30-29-18-11-19-31(35(29)41-37(30)38-24)36-39-32-20-8-9-21-33(32)40(36)34-27(25-12-4-2-5-13-25)16-10-17-28(34)26-14-6-3-7-15-26;1-22(2,3)20-16-23-21(18-12-8-5-9-13-18)15-19(20)14-17-10-6-4-7-11-17;/h2-18,20-23H,1H3;5,8-9,12,15-17H,4,6-7,10-11,14H2,1-3H3;/q2*-1;. The zero-order valence-electron chi connectivity index (χ0n) is 37.4. The number of pyridine rings is 2. The number of nitrogens with zero attached hydrogens (tertiary/aromatic N) is 4. The summed E-state index contributed by atoms with van der Waals surface area (Å²) in [6.45, 7) is 1.98. The van der Waals surface area contributed by atoms with Crippen LogP contribution in [0.5, 0.6) is 0 Å². The van der Waals surface area contributed by atoms with Crippen LogP contribution in [0, 0.1) is 25.0 Å². The van der Waals surface area contributed by atoms with Gasteiger partial charge in [-0.1, -0.05) is 102 Å². The molecule has 0 atom stereocenters. The van der Waals surface area contributed by atoms with E-state index in [-0.39, 0.29) is 20.1 Å². The van der Waals surface area contributed by atoms with E-state index in [9.17, 15) is 0 Å². The Kier molecular flexibility index (Phi) is 13.1. The van der Waals surface area contributed by atoms with E-state index in [0.29, 0.717) is 5.71 Å². The Morgan fingerprint density at radius 3 is 2.06 bits per heavy atom. The van der Waals surface area contributed by atoms with E-state index in [2.05, 4.69) is 166 Å². The van der Waals surface area contributed by atoms with E-state index in [1.165, 1.54) is 38.5 Å². The molecule has 6 aromatic carbocycles. The van der Waals surface area contributed by atoms with Crippen LogP contribution < -0.4 is 4.40 Å². The van der Waals surface area contributed by atoms with Crippen LogP contribution in [0.3, 0.4) is 0 Å². The van der Waals surface area contributed by atoms with Crippen LogP contribution in [-0.4, -0.2) is 32.8 Å². The molecular weight excluding hydrogens is 1030 g/mol. The summed E-state index contributed by atoms with van der Waals surface area (Å²) in [5.41, 5.74) is 14.3. The summed E-state index contributed by atoms with van der Waals surface area (Å²) in [7, 11) is 0. The normalized spacial score (nSPS) is 13.1. The third kappa shape index (κ3) is 9.18. The van der Waals surface area contributed by atoms with Crippen molar-refractivity contribution in [1.29, 1.82) is 0 Å². The summed E-state index contributed by atoms with van der Waals surface area (Å²) in [6, 6.07) is 61.3. The Morgan fingerprint density at radius 1 is 0.677 bits per heavy atom. The molecule has 4 heterocycles. The topological polar surface area (TPSA) is 56.7 Å². The van der Waals surface area contributed by atoms with Crippen LogP contribution >= 0.6 is 0 Å². The zero-order valence-corrected chi connectivity index (χ0v) is 41.9. The van der Waals surface area contributed by atoms with Crippen LogP contribution in [0.25, 0.3) is 83.7 Å². The average Bonchev–Trinajstić information content (AvgIpc) is 3.90. The Morgan fingerprint density at radius 2 is 1.37 bits per heavy atom. The van der Waals surface area contributed by atoms with Crippen LogP contribution in [-0.2, 0) is 26.5 Å². The van der Waals surface area contributed by atoms with E-state index in [1.54, 1.807) is 9.96 Å². The molecule has 0 unspecified atom stereocenters. The first-order valence-corrected chi connectivity index (χ1v) is 30.0. The molecule has 0 amide bonds. The second-order valence-corrected chi connectivity index (χ2v) is 28.7. The number of imidazole rings is 1. The van der Waals surface area contributed by atoms with Crippen molar-refractivity contribution in [2.45, 2.75) is 62.7 Å². The molecule has 0 spiro atoms. The van der Waals surface area contributed by atoms with Gasteiger partial charge in [0.05, 0.1) is 28.1 Å². The Labute approximate surface area is 398 Å². The summed E-state index contributed by atoms with van der Waals surface area (Å²) >= 11 is -1.89. The molecule has 10 aromatic rings. The molecule has 11 rings (SSSR count). The van der Waals surface area contributed by atoms with E-state index in [0.717, 1.165) is 89.6 Å². The molecule has 65 heavy (non-hydrogen) atoms. The van der Waals surface area contributed by atoms with Gasteiger partial charge in [0.15, 0.2) is 0 Å². The molecule has 1 fully saturated rings. The molecule has 1 aliphatic rings. The molecule has 0 N–H and O–H groups in total. The van der Waals surface area contributed by atoms with Crippen molar-refractivity contribution in [3.8, 4) is 50.6 Å². The quantitative estimate of drug-likeness (QED) is 0.112. The average molecular weight is 1090 g/mol. The number of para-hydroxylation sites is 3. The summed E-state index contributed by atoms with van der Waals surface area (Å²) in [6.07, 6.45) is 10.5. The fraction of sp³-hybridized carbons (Fsp3) is 0.190. The van der Waals surface area contributed by atoms with Gasteiger partial charge in [0.1, 0.15) is 0 Å². The maximum atomic E-state index is 6.44. The van der Waals surface area contributed by atoms with Gasteiger partial charge >= 0.3 is 144 Å². The Balaban J connectivity index is 0.000000189. The second-order valence-electron chi connectivity index (χ2n) is 18.2. The maximum Gasteiger partial charge on any atom is 0 e. The first-order valence-electron chi connectivity index (χ1n) is 22.7. The minimum atomic E-state index is -1.89. The monoisotopic (exact) mass is 1090 g/mol. The summed E-state index contributed by atoms with van der Waals surface area (Å²) < 4.78 is 10.3. The fourth-order valence-corrected chi connectivity index (χ4v) is 12.9. The van der Waals surface area contributed by atoms with E-state index < -0.39 is 13.3 Å². The van der Waals surface area contributed by atoms with E-state index >= 15 is 0 Å². The summed E-state index contributed by atoms with van der Waals surface area (Å²) in [5, 5.41) is 1.98. The Hall–Kier alpha value is -5.92. The second kappa shape index (κ2) is 19.3. The number of fused-ring (bicyclic) bond motifs is 4. The number of aromatic nitrogens is 4.